The van der Waals surface area contributed by atoms with Crippen molar-refractivity contribution < 1.29 is 0 Å². The molecule has 0 spiro atoms. The number of allylic oxidation sites excluding steroid dienone is 2. The van der Waals surface area contributed by atoms with Crippen LogP contribution in [0.4, 0.5) is 0 Å². The zero-order valence-electron chi connectivity index (χ0n) is 14.4. The summed E-state index contributed by atoms with van der Waals surface area (Å²) in [5.74, 6) is 0. The van der Waals surface area contributed by atoms with Crippen LogP contribution in [0.15, 0.2) is 54.2 Å². The number of hydrogen-bond acceptors (Lipinski definition) is 2. The molecule has 2 aromatic carbocycles. The van der Waals surface area contributed by atoms with Gasteiger partial charge in [0.15, 0.2) is 0 Å². The van der Waals surface area contributed by atoms with E-state index in [1.807, 2.05) is 19.1 Å². The Labute approximate surface area is 145 Å². The van der Waals surface area contributed by atoms with Gasteiger partial charge in [-0.25, -0.2) is 0 Å². The highest BCUT2D eigenvalue weighted by Crippen LogP contribution is 2.19. The first-order valence-electron chi connectivity index (χ1n) is 7.61. The Morgan fingerprint density at radius 2 is 1.62 bits per heavy atom. The van der Waals surface area contributed by atoms with Gasteiger partial charge >= 0.3 is 0 Å². The summed E-state index contributed by atoms with van der Waals surface area (Å²) in [6.45, 7) is 4.05. The number of terminal acetylenes is 1. The molecule has 0 aliphatic carbocycles. The monoisotopic (exact) mass is 314 g/mol. The molecule has 0 aromatic heterocycles. The van der Waals surface area contributed by atoms with Crippen molar-refractivity contribution in [2.24, 2.45) is 0 Å². The van der Waals surface area contributed by atoms with Crippen molar-refractivity contribution in [2.75, 3.05) is 7.05 Å². The van der Waals surface area contributed by atoms with Gasteiger partial charge in [0.05, 0.1) is 0 Å². The fourth-order valence-electron chi connectivity index (χ4n) is 2.31. The Balaban J connectivity index is 0.00000139. The molecule has 1 N–H and O–H groups in total. The van der Waals surface area contributed by atoms with E-state index in [1.54, 1.807) is 7.05 Å². The topological polar surface area (TPSA) is 35.8 Å². The molecule has 120 valence electrons. The maximum Gasteiger partial charge on any atom is 0.117 e. The van der Waals surface area contributed by atoms with E-state index >= 15 is 0 Å². The van der Waals surface area contributed by atoms with Gasteiger partial charge in [-0.15, -0.1) is 12.8 Å². The minimum atomic E-state index is 0.597. The Morgan fingerprint density at radius 1 is 1.04 bits per heavy atom. The Bertz CT molecular complexity index is 802. The van der Waals surface area contributed by atoms with E-state index < -0.39 is 0 Å². The molecule has 24 heavy (non-hydrogen) atoms. The van der Waals surface area contributed by atoms with Crippen LogP contribution in [0.1, 0.15) is 29.2 Å². The van der Waals surface area contributed by atoms with E-state index in [-0.39, 0.29) is 0 Å². The van der Waals surface area contributed by atoms with Gasteiger partial charge in [-0.3, -0.25) is 0 Å². The second-order valence-electron chi connectivity index (χ2n) is 5.23. The minimum Gasteiger partial charge on any atom is -0.379 e. The Morgan fingerprint density at radius 3 is 2.17 bits per heavy atom. The van der Waals surface area contributed by atoms with Crippen molar-refractivity contribution in [3.8, 4) is 18.9 Å². The van der Waals surface area contributed by atoms with Gasteiger partial charge in [-0.05, 0) is 42.2 Å². The lowest BCUT2D eigenvalue weighted by Gasteiger charge is -2.06. The highest BCUT2D eigenvalue weighted by atomic mass is 14.8. The van der Waals surface area contributed by atoms with E-state index in [4.69, 9.17) is 5.26 Å². The largest absolute Gasteiger partial charge is 0.379 e. The van der Waals surface area contributed by atoms with Crippen LogP contribution in [0, 0.1) is 31.1 Å². The molecule has 0 saturated heterocycles. The van der Waals surface area contributed by atoms with Crippen molar-refractivity contribution in [2.45, 2.75) is 13.8 Å². The van der Waals surface area contributed by atoms with Gasteiger partial charge < -0.3 is 5.32 Å². The molecule has 2 rings (SSSR count). The van der Waals surface area contributed by atoms with Crippen molar-refractivity contribution in [1.29, 1.82) is 5.26 Å². The predicted octanol–water partition coefficient (Wildman–Crippen LogP) is 4.89. The molecule has 0 saturated carbocycles. The van der Waals surface area contributed by atoms with Crippen LogP contribution in [0.25, 0.3) is 17.7 Å². The summed E-state index contributed by atoms with van der Waals surface area (Å²) in [7, 11) is 1.77. The van der Waals surface area contributed by atoms with Crippen molar-refractivity contribution in [3.63, 3.8) is 0 Å². The Kier molecular flexibility index (Phi) is 7.62. The first kappa shape index (κ1) is 18.8. The molecule has 0 unspecified atom stereocenters. The van der Waals surface area contributed by atoms with Gasteiger partial charge in [0.1, 0.15) is 11.8 Å². The second kappa shape index (κ2) is 9.72. The zero-order valence-corrected chi connectivity index (χ0v) is 14.4. The third kappa shape index (κ3) is 5.20. The van der Waals surface area contributed by atoms with Gasteiger partial charge in [0, 0.05) is 7.05 Å². The van der Waals surface area contributed by atoms with E-state index in [0.717, 1.165) is 16.7 Å². The molecule has 0 bridgehead atoms. The average Bonchev–Trinajstić information content (AvgIpc) is 2.63. The molecule has 0 aliphatic heterocycles. The predicted molar refractivity (Wildman–Crippen MR) is 104 cm³/mol. The third-order valence-electron chi connectivity index (χ3n) is 3.57. The van der Waals surface area contributed by atoms with Crippen LogP contribution in [-0.2, 0) is 0 Å². The van der Waals surface area contributed by atoms with Gasteiger partial charge in [-0.1, -0.05) is 60.2 Å². The van der Waals surface area contributed by atoms with Gasteiger partial charge in [0.2, 0.25) is 0 Å². The zero-order chi connectivity index (χ0) is 17.9. The molecule has 0 amide bonds. The van der Waals surface area contributed by atoms with Gasteiger partial charge in [-0.2, -0.15) is 5.26 Å². The first-order valence-corrected chi connectivity index (χ1v) is 7.61. The Hall–Kier alpha value is -3.23. The maximum absolute atomic E-state index is 9.12. The molecule has 0 heterocycles. The minimum absolute atomic E-state index is 0.597. The van der Waals surface area contributed by atoms with Crippen molar-refractivity contribution in [3.05, 3.63) is 76.5 Å². The smallest absolute Gasteiger partial charge is 0.117 e. The normalized spacial score (nSPS) is 11.0. The summed E-state index contributed by atoms with van der Waals surface area (Å²) in [5.41, 5.74) is 6.16. The number of aryl methyl sites for hydroxylation is 1. The quantitative estimate of drug-likeness (QED) is 0.495. The SMILES string of the molecule is C#C.CN/C(C#N)=C(\C)c1cccc(/C=C/c2cccc(C)c2)c1. The van der Waals surface area contributed by atoms with Crippen molar-refractivity contribution >= 4 is 17.7 Å². The fraction of sp³-hybridized carbons (Fsp3) is 0.136. The summed E-state index contributed by atoms with van der Waals surface area (Å²) in [6.07, 6.45) is 12.2. The lowest BCUT2D eigenvalue weighted by molar-refractivity contribution is 1.04. The van der Waals surface area contributed by atoms with Crippen LogP contribution in [0.3, 0.4) is 0 Å². The van der Waals surface area contributed by atoms with Crippen LogP contribution < -0.4 is 5.32 Å². The highest BCUT2D eigenvalue weighted by molar-refractivity contribution is 5.75. The van der Waals surface area contributed by atoms with Crippen LogP contribution >= 0.6 is 0 Å². The van der Waals surface area contributed by atoms with E-state index in [2.05, 4.69) is 79.7 Å². The number of hydrogen-bond donors (Lipinski definition) is 1. The maximum atomic E-state index is 9.12. The molecule has 0 radical (unpaired) electrons. The first-order chi connectivity index (χ1) is 11.6. The molecule has 2 aromatic rings. The second-order valence-corrected chi connectivity index (χ2v) is 5.23. The fourth-order valence-corrected chi connectivity index (χ4v) is 2.31. The molecular weight excluding hydrogens is 292 g/mol. The van der Waals surface area contributed by atoms with E-state index in [9.17, 15) is 0 Å². The lowest BCUT2D eigenvalue weighted by Crippen LogP contribution is -2.05. The molecule has 0 atom stereocenters. The molecular formula is C22H22N2. The standard InChI is InChI=1S/C20H20N2.C2H2/c1-15-6-4-7-17(12-15)10-11-18-8-5-9-19(13-18)16(2)20(14-21)22-3;1-2/h4-13,22H,1-3H3;1-2H/b11-10+,20-16+;. The molecule has 0 fully saturated rings. The summed E-state index contributed by atoms with van der Waals surface area (Å²) in [4.78, 5) is 0. The lowest BCUT2D eigenvalue weighted by atomic mass is 10.0. The summed E-state index contributed by atoms with van der Waals surface area (Å²) in [6, 6.07) is 18.8. The highest BCUT2D eigenvalue weighted by Gasteiger charge is 2.03. The van der Waals surface area contributed by atoms with E-state index in [0.29, 0.717) is 5.70 Å². The van der Waals surface area contributed by atoms with Crippen LogP contribution in [0.2, 0.25) is 0 Å². The third-order valence-corrected chi connectivity index (χ3v) is 3.57. The van der Waals surface area contributed by atoms with Gasteiger partial charge in [0.25, 0.3) is 0 Å². The molecule has 2 heteroatoms. The number of rotatable bonds is 4. The molecule has 0 aliphatic rings. The van der Waals surface area contributed by atoms with Crippen LogP contribution in [0.5, 0.6) is 0 Å². The number of benzene rings is 2. The average molecular weight is 314 g/mol. The van der Waals surface area contributed by atoms with Crippen LogP contribution in [-0.4, -0.2) is 7.05 Å². The summed E-state index contributed by atoms with van der Waals surface area (Å²) in [5, 5.41) is 12.1. The molecule has 2 nitrogen and oxygen atoms in total. The van der Waals surface area contributed by atoms with E-state index in [1.165, 1.54) is 11.1 Å². The number of nitrogens with zero attached hydrogens (tertiary/aromatic N) is 1. The number of nitrogens with one attached hydrogen (secondary N) is 1. The number of nitriles is 1. The van der Waals surface area contributed by atoms with Crippen molar-refractivity contribution in [1.82, 2.24) is 5.32 Å². The summed E-state index contributed by atoms with van der Waals surface area (Å²) < 4.78 is 0. The summed E-state index contributed by atoms with van der Waals surface area (Å²) >= 11 is 0.